The van der Waals surface area contributed by atoms with E-state index in [1.165, 1.54) is 17.7 Å². The number of fused-ring (bicyclic) bond motifs is 1. The second kappa shape index (κ2) is 7.24. The second-order valence-corrected chi connectivity index (χ2v) is 6.13. The summed E-state index contributed by atoms with van der Waals surface area (Å²) in [7, 11) is 0. The Kier molecular flexibility index (Phi) is 5.55. The number of carbonyl (C=O) groups is 1. The first-order valence-corrected chi connectivity index (χ1v) is 7.71. The summed E-state index contributed by atoms with van der Waals surface area (Å²) < 4.78 is 13.3. The molecule has 1 aliphatic carbocycles. The molecule has 23 heavy (non-hydrogen) atoms. The molecule has 4 heteroatoms. The first-order chi connectivity index (χ1) is 10.6. The number of aryl methyl sites for hydroxylation is 1. The average molecular weight is 334 g/mol. The summed E-state index contributed by atoms with van der Waals surface area (Å²) >= 11 is 0. The van der Waals surface area contributed by atoms with Crippen LogP contribution in [0.3, 0.4) is 0 Å². The molecule has 0 heterocycles. The molecular formula is C19H21ClFNO. The van der Waals surface area contributed by atoms with Crippen LogP contribution in [0.15, 0.2) is 48.5 Å². The van der Waals surface area contributed by atoms with Gasteiger partial charge in [0.1, 0.15) is 5.82 Å². The standard InChI is InChI=1S/C19H20FNO.ClH/c1-19(21-12-10-14-5-3-2-4-6-14)11-9-15-13-16(20)7-8-17(15)18(19)22;/h2-8,13,21H,9-12H2,1H3;1H. The number of benzene rings is 2. The number of nitrogens with one attached hydrogen (secondary N) is 1. The van der Waals surface area contributed by atoms with E-state index in [1.54, 1.807) is 6.07 Å². The molecule has 0 fully saturated rings. The van der Waals surface area contributed by atoms with Gasteiger partial charge in [0, 0.05) is 12.1 Å². The minimum absolute atomic E-state index is 0. The van der Waals surface area contributed by atoms with Crippen molar-refractivity contribution in [1.82, 2.24) is 5.32 Å². The van der Waals surface area contributed by atoms with Crippen LogP contribution in [0, 0.1) is 5.82 Å². The summed E-state index contributed by atoms with van der Waals surface area (Å²) in [4.78, 5) is 12.7. The lowest BCUT2D eigenvalue weighted by Gasteiger charge is -2.34. The molecule has 1 unspecified atom stereocenters. The summed E-state index contributed by atoms with van der Waals surface area (Å²) in [5.41, 5.74) is 2.18. The number of halogens is 2. The van der Waals surface area contributed by atoms with Crippen LogP contribution in [0.25, 0.3) is 0 Å². The molecule has 0 bridgehead atoms. The van der Waals surface area contributed by atoms with Crippen molar-refractivity contribution in [3.63, 3.8) is 0 Å². The highest BCUT2D eigenvalue weighted by Gasteiger charge is 2.37. The first-order valence-electron chi connectivity index (χ1n) is 7.71. The minimum atomic E-state index is -0.556. The summed E-state index contributed by atoms with van der Waals surface area (Å²) in [5.74, 6) is -0.200. The van der Waals surface area contributed by atoms with Crippen LogP contribution in [0.1, 0.15) is 34.8 Å². The van der Waals surface area contributed by atoms with Gasteiger partial charge in [0.2, 0.25) is 0 Å². The predicted molar refractivity (Wildman–Crippen MR) is 92.9 cm³/mol. The lowest BCUT2D eigenvalue weighted by atomic mass is 9.78. The van der Waals surface area contributed by atoms with E-state index in [0.29, 0.717) is 12.0 Å². The lowest BCUT2D eigenvalue weighted by Crippen LogP contribution is -2.52. The van der Waals surface area contributed by atoms with Crippen molar-refractivity contribution in [2.75, 3.05) is 6.54 Å². The van der Waals surface area contributed by atoms with Gasteiger partial charge in [-0.05, 0) is 55.5 Å². The van der Waals surface area contributed by atoms with E-state index in [1.807, 2.05) is 25.1 Å². The number of ketones is 1. The van der Waals surface area contributed by atoms with Crippen LogP contribution in [-0.4, -0.2) is 17.9 Å². The molecule has 1 N–H and O–H groups in total. The van der Waals surface area contributed by atoms with Crippen molar-refractivity contribution in [3.8, 4) is 0 Å². The fourth-order valence-corrected chi connectivity index (χ4v) is 3.08. The first kappa shape index (κ1) is 17.6. The van der Waals surface area contributed by atoms with E-state index in [0.717, 1.165) is 24.9 Å². The third kappa shape index (κ3) is 3.80. The van der Waals surface area contributed by atoms with Crippen molar-refractivity contribution in [1.29, 1.82) is 0 Å². The van der Waals surface area contributed by atoms with Crippen molar-refractivity contribution < 1.29 is 9.18 Å². The predicted octanol–water partition coefficient (Wildman–Crippen LogP) is 3.97. The van der Waals surface area contributed by atoms with Gasteiger partial charge in [0.25, 0.3) is 0 Å². The number of rotatable bonds is 4. The molecule has 0 aromatic heterocycles. The smallest absolute Gasteiger partial charge is 0.182 e. The van der Waals surface area contributed by atoms with Crippen LogP contribution in [-0.2, 0) is 12.8 Å². The molecule has 122 valence electrons. The van der Waals surface area contributed by atoms with E-state index in [-0.39, 0.29) is 24.0 Å². The molecule has 0 amide bonds. The molecule has 0 spiro atoms. The van der Waals surface area contributed by atoms with E-state index in [2.05, 4.69) is 17.4 Å². The number of Topliss-reactive ketones (excluding diaryl/α,β-unsaturated/α-hetero) is 1. The normalized spacial score (nSPS) is 19.8. The molecule has 0 aliphatic heterocycles. The number of hydrogen-bond donors (Lipinski definition) is 1. The molecule has 2 aromatic rings. The molecule has 0 saturated carbocycles. The summed E-state index contributed by atoms with van der Waals surface area (Å²) in [6.45, 7) is 2.70. The van der Waals surface area contributed by atoms with Gasteiger partial charge < -0.3 is 5.32 Å². The average Bonchev–Trinajstić information content (AvgIpc) is 2.52. The van der Waals surface area contributed by atoms with Crippen molar-refractivity contribution in [3.05, 3.63) is 71.0 Å². The van der Waals surface area contributed by atoms with Crippen LogP contribution >= 0.6 is 12.4 Å². The molecule has 0 saturated heterocycles. The quantitative estimate of drug-likeness (QED) is 0.917. The molecule has 0 radical (unpaired) electrons. The van der Waals surface area contributed by atoms with Crippen molar-refractivity contribution in [2.45, 2.75) is 31.7 Å². The van der Waals surface area contributed by atoms with Gasteiger partial charge in [-0.15, -0.1) is 12.4 Å². The Morgan fingerprint density at radius 2 is 1.91 bits per heavy atom. The highest BCUT2D eigenvalue weighted by Crippen LogP contribution is 2.29. The third-order valence-electron chi connectivity index (χ3n) is 4.48. The van der Waals surface area contributed by atoms with Gasteiger partial charge in [-0.1, -0.05) is 30.3 Å². The molecular weight excluding hydrogens is 313 g/mol. The molecule has 3 rings (SSSR count). The highest BCUT2D eigenvalue weighted by molar-refractivity contribution is 6.05. The van der Waals surface area contributed by atoms with E-state index >= 15 is 0 Å². The Bertz CT molecular complexity index is 689. The summed E-state index contributed by atoms with van der Waals surface area (Å²) in [6.07, 6.45) is 2.32. The molecule has 1 aliphatic rings. The van der Waals surface area contributed by atoms with Gasteiger partial charge in [-0.2, -0.15) is 0 Å². The Labute approximate surface area is 142 Å². The number of carbonyl (C=O) groups excluding carboxylic acids is 1. The maximum atomic E-state index is 13.3. The van der Waals surface area contributed by atoms with Crippen LogP contribution in [0.4, 0.5) is 4.39 Å². The Hall–Kier alpha value is -1.71. The Morgan fingerprint density at radius 1 is 1.17 bits per heavy atom. The van der Waals surface area contributed by atoms with Crippen molar-refractivity contribution >= 4 is 18.2 Å². The third-order valence-corrected chi connectivity index (χ3v) is 4.48. The largest absolute Gasteiger partial charge is 0.305 e. The minimum Gasteiger partial charge on any atom is -0.305 e. The zero-order valence-electron chi connectivity index (χ0n) is 13.1. The Balaban J connectivity index is 0.00000192. The van der Waals surface area contributed by atoms with Gasteiger partial charge in [0.05, 0.1) is 5.54 Å². The van der Waals surface area contributed by atoms with E-state index < -0.39 is 5.54 Å². The van der Waals surface area contributed by atoms with Gasteiger partial charge in [0.15, 0.2) is 5.78 Å². The van der Waals surface area contributed by atoms with Crippen LogP contribution in [0.5, 0.6) is 0 Å². The molecule has 1 atom stereocenters. The summed E-state index contributed by atoms with van der Waals surface area (Å²) in [6, 6.07) is 14.7. The fourth-order valence-electron chi connectivity index (χ4n) is 3.08. The zero-order valence-corrected chi connectivity index (χ0v) is 14.0. The van der Waals surface area contributed by atoms with Gasteiger partial charge in [-0.25, -0.2) is 4.39 Å². The van der Waals surface area contributed by atoms with E-state index in [9.17, 15) is 9.18 Å². The van der Waals surface area contributed by atoms with Crippen molar-refractivity contribution in [2.24, 2.45) is 0 Å². The SMILES string of the molecule is CC1(NCCc2ccccc2)CCc2cc(F)ccc2C1=O.Cl. The topological polar surface area (TPSA) is 29.1 Å². The highest BCUT2D eigenvalue weighted by atomic mass is 35.5. The lowest BCUT2D eigenvalue weighted by molar-refractivity contribution is 0.0843. The summed E-state index contributed by atoms with van der Waals surface area (Å²) in [5, 5.41) is 3.41. The van der Waals surface area contributed by atoms with E-state index in [4.69, 9.17) is 0 Å². The van der Waals surface area contributed by atoms with Gasteiger partial charge in [-0.3, -0.25) is 4.79 Å². The van der Waals surface area contributed by atoms with Crippen LogP contribution < -0.4 is 5.32 Å². The number of hydrogen-bond acceptors (Lipinski definition) is 2. The maximum absolute atomic E-state index is 13.3. The second-order valence-electron chi connectivity index (χ2n) is 6.13. The zero-order chi connectivity index (χ0) is 15.6. The fraction of sp³-hybridized carbons (Fsp3) is 0.316. The molecule has 2 aromatic carbocycles. The van der Waals surface area contributed by atoms with Gasteiger partial charge >= 0.3 is 0 Å². The maximum Gasteiger partial charge on any atom is 0.182 e. The molecule has 2 nitrogen and oxygen atoms in total. The van der Waals surface area contributed by atoms with Crippen LogP contribution in [0.2, 0.25) is 0 Å². The Morgan fingerprint density at radius 3 is 2.65 bits per heavy atom. The monoisotopic (exact) mass is 333 g/mol.